The van der Waals surface area contributed by atoms with Crippen molar-refractivity contribution in [1.82, 2.24) is 0 Å². The molecule has 0 aliphatic rings. The van der Waals surface area contributed by atoms with Crippen molar-refractivity contribution in [2.24, 2.45) is 0 Å². The molecule has 0 aliphatic carbocycles. The van der Waals surface area contributed by atoms with Crippen molar-refractivity contribution in [3.05, 3.63) is 95.5 Å². The number of amides is 1. The van der Waals surface area contributed by atoms with Crippen LogP contribution in [-0.4, -0.2) is 28.5 Å². The Morgan fingerprint density at radius 2 is 1.64 bits per heavy atom. The lowest BCUT2D eigenvalue weighted by molar-refractivity contribution is 0.102. The summed E-state index contributed by atoms with van der Waals surface area (Å²) >= 11 is 6.27. The molecule has 168 valence electrons. The topological polar surface area (TPSA) is 75.7 Å². The molecule has 0 saturated carbocycles. The normalized spacial score (nSPS) is 11.2. The van der Waals surface area contributed by atoms with Gasteiger partial charge in [-0.25, -0.2) is 8.42 Å². The lowest BCUT2D eigenvalue weighted by Crippen LogP contribution is -2.27. The molecule has 33 heavy (non-hydrogen) atoms. The predicted molar refractivity (Wildman–Crippen MR) is 132 cm³/mol. The van der Waals surface area contributed by atoms with Gasteiger partial charge in [-0.2, -0.15) is 0 Å². The Morgan fingerprint density at radius 3 is 2.36 bits per heavy atom. The first-order valence-corrected chi connectivity index (χ1v) is 11.8. The van der Waals surface area contributed by atoms with Crippen LogP contribution in [0.4, 0.5) is 11.4 Å². The lowest BCUT2D eigenvalue weighted by Gasteiger charge is -2.20. The van der Waals surface area contributed by atoms with E-state index in [-0.39, 0.29) is 15.5 Å². The summed E-state index contributed by atoms with van der Waals surface area (Å²) < 4.78 is 32.7. The lowest BCUT2D eigenvalue weighted by atomic mass is 10.1. The molecule has 0 aromatic heterocycles. The summed E-state index contributed by atoms with van der Waals surface area (Å²) in [5.74, 6) is 0.115. The maximum Gasteiger partial charge on any atom is 0.264 e. The molecule has 0 unspecified atom stereocenters. The molecule has 8 heteroatoms. The fourth-order valence-electron chi connectivity index (χ4n) is 3.45. The second-order valence-electron chi connectivity index (χ2n) is 7.29. The highest BCUT2D eigenvalue weighted by Crippen LogP contribution is 2.29. The maximum atomic E-state index is 13.2. The third-order valence-corrected chi connectivity index (χ3v) is 7.43. The number of nitrogens with one attached hydrogen (secondary N) is 1. The fourth-order valence-corrected chi connectivity index (χ4v) is 4.88. The molecule has 0 bridgehead atoms. The minimum Gasteiger partial charge on any atom is -0.497 e. The van der Waals surface area contributed by atoms with Gasteiger partial charge in [0.1, 0.15) is 5.75 Å². The van der Waals surface area contributed by atoms with E-state index >= 15 is 0 Å². The van der Waals surface area contributed by atoms with Crippen LogP contribution in [0.1, 0.15) is 10.4 Å². The first-order valence-electron chi connectivity index (χ1n) is 10.0. The Kier molecular flexibility index (Phi) is 6.26. The number of anilines is 2. The Morgan fingerprint density at radius 1 is 0.939 bits per heavy atom. The molecule has 1 amide bonds. The van der Waals surface area contributed by atoms with Crippen LogP contribution in [0.25, 0.3) is 10.8 Å². The van der Waals surface area contributed by atoms with Crippen LogP contribution < -0.4 is 14.4 Å². The standard InChI is InChI=1S/C25H21ClN2O4S/c1-28(18-10-12-19(32-2)13-11-18)33(30,31)20-14-15-23(26)22(16-20)25(29)27-24-9-5-7-17-6-3-4-8-21(17)24/h3-16H,1-2H3,(H,27,29). The molecule has 4 aromatic carbocycles. The second kappa shape index (κ2) is 9.13. The number of carbonyl (C=O) groups is 1. The molecule has 0 saturated heterocycles. The van der Waals surface area contributed by atoms with Gasteiger partial charge in [0.2, 0.25) is 0 Å². The van der Waals surface area contributed by atoms with E-state index < -0.39 is 15.9 Å². The van der Waals surface area contributed by atoms with Crippen molar-refractivity contribution < 1.29 is 17.9 Å². The van der Waals surface area contributed by atoms with Gasteiger partial charge in [-0.05, 0) is 53.9 Å². The molecule has 0 fully saturated rings. The van der Waals surface area contributed by atoms with E-state index in [0.29, 0.717) is 17.1 Å². The quantitative estimate of drug-likeness (QED) is 0.391. The highest BCUT2D eigenvalue weighted by Gasteiger charge is 2.24. The second-order valence-corrected chi connectivity index (χ2v) is 9.67. The number of sulfonamides is 1. The first-order chi connectivity index (χ1) is 15.8. The number of nitrogens with zero attached hydrogens (tertiary/aromatic N) is 1. The van der Waals surface area contributed by atoms with Crippen LogP contribution in [-0.2, 0) is 10.0 Å². The van der Waals surface area contributed by atoms with Crippen LogP contribution in [0.15, 0.2) is 89.8 Å². The van der Waals surface area contributed by atoms with E-state index in [4.69, 9.17) is 16.3 Å². The van der Waals surface area contributed by atoms with E-state index in [1.807, 2.05) is 36.4 Å². The highest BCUT2D eigenvalue weighted by atomic mass is 35.5. The smallest absolute Gasteiger partial charge is 0.264 e. The third kappa shape index (κ3) is 4.51. The zero-order valence-corrected chi connectivity index (χ0v) is 19.5. The van der Waals surface area contributed by atoms with Crippen LogP contribution >= 0.6 is 11.6 Å². The summed E-state index contributed by atoms with van der Waals surface area (Å²) in [5, 5.41) is 4.84. The van der Waals surface area contributed by atoms with Gasteiger partial charge < -0.3 is 10.1 Å². The minimum absolute atomic E-state index is 0.0479. The van der Waals surface area contributed by atoms with Crippen molar-refractivity contribution in [3.8, 4) is 5.75 Å². The van der Waals surface area contributed by atoms with Crippen molar-refractivity contribution in [2.75, 3.05) is 23.8 Å². The SMILES string of the molecule is COc1ccc(N(C)S(=O)(=O)c2ccc(Cl)c(C(=O)Nc3cccc4ccccc34)c2)cc1. The molecule has 0 spiro atoms. The zero-order valence-electron chi connectivity index (χ0n) is 17.9. The molecule has 0 aliphatic heterocycles. The summed E-state index contributed by atoms with van der Waals surface area (Å²) in [6.07, 6.45) is 0. The van der Waals surface area contributed by atoms with E-state index in [9.17, 15) is 13.2 Å². The number of benzene rings is 4. The average molecular weight is 481 g/mol. The molecule has 1 N–H and O–H groups in total. The van der Waals surface area contributed by atoms with E-state index in [2.05, 4.69) is 5.32 Å². The first kappa shape index (κ1) is 22.6. The number of methoxy groups -OCH3 is 1. The van der Waals surface area contributed by atoms with E-state index in [1.165, 1.54) is 32.4 Å². The molecule has 4 rings (SSSR count). The predicted octanol–water partition coefficient (Wildman–Crippen LogP) is 5.58. The van der Waals surface area contributed by atoms with E-state index in [1.54, 1.807) is 30.3 Å². The molecular weight excluding hydrogens is 460 g/mol. The van der Waals surface area contributed by atoms with Crippen LogP contribution in [0.5, 0.6) is 5.75 Å². The molecular formula is C25H21ClN2O4S. The number of ether oxygens (including phenoxy) is 1. The van der Waals surface area contributed by atoms with Crippen molar-refractivity contribution in [1.29, 1.82) is 0 Å². The number of hydrogen-bond donors (Lipinski definition) is 1. The molecule has 0 atom stereocenters. The molecule has 0 heterocycles. The van der Waals surface area contributed by atoms with Gasteiger partial charge in [0.25, 0.3) is 15.9 Å². The van der Waals surface area contributed by atoms with Gasteiger partial charge in [0.15, 0.2) is 0 Å². The Labute approximate surface area is 197 Å². The summed E-state index contributed by atoms with van der Waals surface area (Å²) in [5.41, 5.74) is 1.12. The number of fused-ring (bicyclic) bond motifs is 1. The van der Waals surface area contributed by atoms with Gasteiger partial charge in [0, 0.05) is 18.1 Å². The fraction of sp³-hybridized carbons (Fsp3) is 0.0800. The van der Waals surface area contributed by atoms with Crippen molar-refractivity contribution in [2.45, 2.75) is 4.90 Å². The summed E-state index contributed by atoms with van der Waals surface area (Å²) in [6, 6.07) is 23.9. The largest absolute Gasteiger partial charge is 0.497 e. The molecule has 4 aromatic rings. The number of rotatable bonds is 6. The Balaban J connectivity index is 1.66. The average Bonchev–Trinajstić information content (AvgIpc) is 2.84. The van der Waals surface area contributed by atoms with Crippen molar-refractivity contribution in [3.63, 3.8) is 0 Å². The van der Waals surface area contributed by atoms with E-state index in [0.717, 1.165) is 15.1 Å². The van der Waals surface area contributed by atoms with Gasteiger partial charge in [0.05, 0.1) is 28.3 Å². The number of carbonyl (C=O) groups excluding carboxylic acids is 1. The Bertz CT molecular complexity index is 1430. The van der Waals surface area contributed by atoms with Crippen LogP contribution in [0, 0.1) is 0 Å². The zero-order chi connectivity index (χ0) is 23.6. The van der Waals surface area contributed by atoms with Gasteiger partial charge >= 0.3 is 0 Å². The summed E-state index contributed by atoms with van der Waals surface area (Å²) in [6.45, 7) is 0. The molecule has 6 nitrogen and oxygen atoms in total. The van der Waals surface area contributed by atoms with Crippen LogP contribution in [0.2, 0.25) is 5.02 Å². The van der Waals surface area contributed by atoms with Crippen molar-refractivity contribution >= 4 is 49.7 Å². The highest BCUT2D eigenvalue weighted by molar-refractivity contribution is 7.92. The maximum absolute atomic E-state index is 13.2. The van der Waals surface area contributed by atoms with Gasteiger partial charge in [-0.1, -0.05) is 48.0 Å². The third-order valence-electron chi connectivity index (χ3n) is 5.31. The van der Waals surface area contributed by atoms with Crippen LogP contribution in [0.3, 0.4) is 0 Å². The summed E-state index contributed by atoms with van der Waals surface area (Å²) in [4.78, 5) is 13.0. The minimum atomic E-state index is -3.94. The number of hydrogen-bond acceptors (Lipinski definition) is 4. The summed E-state index contributed by atoms with van der Waals surface area (Å²) in [7, 11) is -0.956. The monoisotopic (exact) mass is 480 g/mol. The van der Waals surface area contributed by atoms with Gasteiger partial charge in [-0.15, -0.1) is 0 Å². The molecule has 0 radical (unpaired) electrons. The number of halogens is 1. The van der Waals surface area contributed by atoms with Gasteiger partial charge in [-0.3, -0.25) is 9.10 Å². The Hall–Kier alpha value is -3.55.